The molecule has 0 spiro atoms. The van der Waals surface area contributed by atoms with Crippen molar-refractivity contribution in [2.75, 3.05) is 33.8 Å². The zero-order valence-corrected chi connectivity index (χ0v) is 15.5. The average Bonchev–Trinajstić information content (AvgIpc) is 3.08. The van der Waals surface area contributed by atoms with Crippen LogP contribution in [0.4, 0.5) is 0 Å². The van der Waals surface area contributed by atoms with Gasteiger partial charge < -0.3 is 14.1 Å². The number of piperidine rings is 1. The van der Waals surface area contributed by atoms with Crippen molar-refractivity contribution >= 4 is 0 Å². The number of hydrogen-bond acceptors (Lipinski definition) is 4. The predicted octanol–water partition coefficient (Wildman–Crippen LogP) is 3.56. The van der Waals surface area contributed by atoms with E-state index in [1.54, 1.807) is 7.11 Å². The van der Waals surface area contributed by atoms with Gasteiger partial charge in [0.2, 0.25) is 0 Å². The molecule has 0 unspecified atom stereocenters. The number of benzene rings is 1. The van der Waals surface area contributed by atoms with E-state index in [4.69, 9.17) is 9.15 Å². The molecule has 2 aromatic rings. The number of likely N-dealkylation sites (tertiary alicyclic amines) is 1. The Morgan fingerprint density at radius 3 is 2.76 bits per heavy atom. The summed E-state index contributed by atoms with van der Waals surface area (Å²) in [7, 11) is 3.96. The van der Waals surface area contributed by atoms with Crippen molar-refractivity contribution in [3.05, 3.63) is 59.5 Å². The fraction of sp³-hybridized carbons (Fsp3) is 0.524. The van der Waals surface area contributed by atoms with Crippen LogP contribution in [-0.2, 0) is 24.3 Å². The minimum Gasteiger partial charge on any atom is -0.462 e. The van der Waals surface area contributed by atoms with Gasteiger partial charge in [0, 0.05) is 26.2 Å². The number of methoxy groups -OCH3 is 1. The monoisotopic (exact) mass is 342 g/mol. The fourth-order valence-electron chi connectivity index (χ4n) is 3.61. The molecule has 1 fully saturated rings. The summed E-state index contributed by atoms with van der Waals surface area (Å²) in [6.45, 7) is 4.83. The maximum Gasteiger partial charge on any atom is 0.129 e. The maximum atomic E-state index is 5.85. The first kappa shape index (κ1) is 18.2. The Balaban J connectivity index is 1.48. The second-order valence-electron chi connectivity index (χ2n) is 7.05. The number of rotatable bonds is 8. The minimum atomic E-state index is 0.546. The highest BCUT2D eigenvalue weighted by Gasteiger charge is 2.23. The number of furan rings is 1. The summed E-state index contributed by atoms with van der Waals surface area (Å²) in [6, 6.07) is 15.5. The molecule has 3 rings (SSSR count). The summed E-state index contributed by atoms with van der Waals surface area (Å²) in [5.74, 6) is 1.95. The van der Waals surface area contributed by atoms with E-state index < -0.39 is 0 Å². The fourth-order valence-corrected chi connectivity index (χ4v) is 3.61. The van der Waals surface area contributed by atoms with Crippen LogP contribution in [0, 0.1) is 0 Å². The van der Waals surface area contributed by atoms with Gasteiger partial charge in [-0.15, -0.1) is 0 Å². The SMILES string of the molecule is COCc1ccc(CN2CCC[C@H](N(C)CCc3ccccc3)C2)o1. The third kappa shape index (κ3) is 5.43. The highest BCUT2D eigenvalue weighted by Crippen LogP contribution is 2.19. The van der Waals surface area contributed by atoms with Gasteiger partial charge in [0.05, 0.1) is 6.54 Å². The topological polar surface area (TPSA) is 28.9 Å². The van der Waals surface area contributed by atoms with Crippen LogP contribution in [0.5, 0.6) is 0 Å². The molecule has 0 bridgehead atoms. The normalized spacial score (nSPS) is 18.8. The smallest absolute Gasteiger partial charge is 0.129 e. The van der Waals surface area contributed by atoms with E-state index in [1.807, 2.05) is 6.07 Å². The van der Waals surface area contributed by atoms with Gasteiger partial charge in [0.1, 0.15) is 18.1 Å². The lowest BCUT2D eigenvalue weighted by molar-refractivity contribution is 0.105. The van der Waals surface area contributed by atoms with Crippen LogP contribution < -0.4 is 0 Å². The summed E-state index contributed by atoms with van der Waals surface area (Å²) in [4.78, 5) is 5.04. The maximum absolute atomic E-state index is 5.85. The molecular formula is C21H30N2O2. The number of hydrogen-bond donors (Lipinski definition) is 0. The lowest BCUT2D eigenvalue weighted by Crippen LogP contribution is -2.46. The molecular weight excluding hydrogens is 312 g/mol. The molecule has 0 saturated carbocycles. The van der Waals surface area contributed by atoms with E-state index in [0.717, 1.165) is 44.1 Å². The van der Waals surface area contributed by atoms with Gasteiger partial charge >= 0.3 is 0 Å². The molecule has 0 aliphatic carbocycles. The first-order valence-corrected chi connectivity index (χ1v) is 9.27. The van der Waals surface area contributed by atoms with Crippen molar-refractivity contribution in [3.63, 3.8) is 0 Å². The molecule has 1 aliphatic heterocycles. The highest BCUT2D eigenvalue weighted by atomic mass is 16.5. The Kier molecular flexibility index (Phi) is 6.68. The van der Waals surface area contributed by atoms with Gasteiger partial charge in [-0.1, -0.05) is 30.3 Å². The summed E-state index contributed by atoms with van der Waals surface area (Å²) >= 11 is 0. The van der Waals surface area contributed by atoms with Crippen LogP contribution in [-0.4, -0.2) is 49.6 Å². The first-order valence-electron chi connectivity index (χ1n) is 9.27. The standard InChI is InChI=1S/C21H30N2O2/c1-22(14-12-18-7-4-3-5-8-18)19-9-6-13-23(15-19)16-20-10-11-21(25-20)17-24-2/h3-5,7-8,10-11,19H,6,9,12-17H2,1-2H3/t19-/m0/s1. The van der Waals surface area contributed by atoms with E-state index >= 15 is 0 Å². The van der Waals surface area contributed by atoms with E-state index in [2.05, 4.69) is 53.2 Å². The highest BCUT2D eigenvalue weighted by molar-refractivity contribution is 5.15. The second-order valence-corrected chi connectivity index (χ2v) is 7.05. The van der Waals surface area contributed by atoms with Crippen LogP contribution in [0.1, 0.15) is 29.9 Å². The number of nitrogens with zero attached hydrogens (tertiary/aromatic N) is 2. The van der Waals surface area contributed by atoms with Crippen LogP contribution in [0.25, 0.3) is 0 Å². The van der Waals surface area contributed by atoms with E-state index in [1.165, 1.54) is 18.4 Å². The van der Waals surface area contributed by atoms with Gasteiger partial charge in [-0.25, -0.2) is 0 Å². The Morgan fingerprint density at radius 1 is 1.16 bits per heavy atom. The molecule has 0 radical (unpaired) electrons. The quantitative estimate of drug-likeness (QED) is 0.733. The molecule has 1 aliphatic rings. The molecule has 2 heterocycles. The van der Waals surface area contributed by atoms with Crippen molar-refractivity contribution in [2.24, 2.45) is 0 Å². The Labute approximate surface area is 151 Å². The third-order valence-electron chi connectivity index (χ3n) is 5.08. The van der Waals surface area contributed by atoms with Crippen molar-refractivity contribution in [3.8, 4) is 0 Å². The molecule has 1 atom stereocenters. The Morgan fingerprint density at radius 2 is 1.96 bits per heavy atom. The van der Waals surface area contributed by atoms with Gasteiger partial charge in [0.25, 0.3) is 0 Å². The number of ether oxygens (including phenoxy) is 1. The minimum absolute atomic E-state index is 0.546. The van der Waals surface area contributed by atoms with Crippen molar-refractivity contribution < 1.29 is 9.15 Å². The zero-order valence-electron chi connectivity index (χ0n) is 15.5. The Bertz CT molecular complexity index is 626. The van der Waals surface area contributed by atoms with Crippen molar-refractivity contribution in [1.82, 2.24) is 9.80 Å². The molecule has 136 valence electrons. The lowest BCUT2D eigenvalue weighted by atomic mass is 10.0. The molecule has 4 nitrogen and oxygen atoms in total. The lowest BCUT2D eigenvalue weighted by Gasteiger charge is -2.37. The van der Waals surface area contributed by atoms with Crippen LogP contribution in [0.2, 0.25) is 0 Å². The van der Waals surface area contributed by atoms with E-state index in [0.29, 0.717) is 12.6 Å². The van der Waals surface area contributed by atoms with Gasteiger partial charge in [-0.05, 0) is 50.6 Å². The zero-order chi connectivity index (χ0) is 17.5. The molecule has 0 N–H and O–H groups in total. The second kappa shape index (κ2) is 9.18. The van der Waals surface area contributed by atoms with Crippen LogP contribution >= 0.6 is 0 Å². The average molecular weight is 342 g/mol. The first-order chi connectivity index (χ1) is 12.2. The molecule has 1 saturated heterocycles. The summed E-state index contributed by atoms with van der Waals surface area (Å²) < 4.78 is 11.0. The summed E-state index contributed by atoms with van der Waals surface area (Å²) in [5, 5.41) is 0. The summed E-state index contributed by atoms with van der Waals surface area (Å²) in [6.07, 6.45) is 3.66. The number of likely N-dealkylation sites (N-methyl/N-ethyl adjacent to an activating group) is 1. The van der Waals surface area contributed by atoms with Gasteiger partial charge in [0.15, 0.2) is 0 Å². The largest absolute Gasteiger partial charge is 0.462 e. The summed E-state index contributed by atoms with van der Waals surface area (Å²) in [5.41, 5.74) is 1.42. The molecule has 25 heavy (non-hydrogen) atoms. The molecule has 1 aromatic heterocycles. The molecule has 1 aromatic carbocycles. The molecule has 4 heteroatoms. The van der Waals surface area contributed by atoms with Crippen LogP contribution in [0.3, 0.4) is 0 Å². The third-order valence-corrected chi connectivity index (χ3v) is 5.08. The van der Waals surface area contributed by atoms with Crippen molar-refractivity contribution in [1.29, 1.82) is 0 Å². The van der Waals surface area contributed by atoms with Gasteiger partial charge in [-0.3, -0.25) is 4.90 Å². The predicted molar refractivity (Wildman–Crippen MR) is 100 cm³/mol. The van der Waals surface area contributed by atoms with E-state index in [9.17, 15) is 0 Å². The molecule has 0 amide bonds. The van der Waals surface area contributed by atoms with E-state index in [-0.39, 0.29) is 0 Å². The Hall–Kier alpha value is -1.62. The van der Waals surface area contributed by atoms with Crippen molar-refractivity contribution in [2.45, 2.75) is 38.5 Å². The van der Waals surface area contributed by atoms with Gasteiger partial charge in [-0.2, -0.15) is 0 Å². The van der Waals surface area contributed by atoms with Crippen LogP contribution in [0.15, 0.2) is 46.9 Å².